The van der Waals surface area contributed by atoms with Crippen molar-refractivity contribution in [3.05, 3.63) is 42.0 Å². The fraction of sp³-hybridized carbons (Fsp3) is 0.188. The Balaban J connectivity index is 2.48. The Hall–Kier alpha value is -2.65. The topological polar surface area (TPSA) is 35.5 Å². The average Bonchev–Trinajstić information content (AvgIpc) is 2.41. The first kappa shape index (κ1) is 14.4. The van der Waals surface area contributed by atoms with Crippen LogP contribution in [0.25, 0.3) is 0 Å². The molecule has 19 heavy (non-hydrogen) atoms. The van der Waals surface area contributed by atoms with Crippen LogP contribution in [0, 0.1) is 23.7 Å². The molecule has 0 aliphatic carbocycles. The molecule has 0 aliphatic rings. The van der Waals surface area contributed by atoms with Crippen molar-refractivity contribution in [2.24, 2.45) is 0 Å². The molecule has 0 radical (unpaired) electrons. The molecule has 1 aromatic rings. The second-order valence-electron chi connectivity index (χ2n) is 3.46. The van der Waals surface area contributed by atoms with Crippen LogP contribution in [0.3, 0.4) is 0 Å². The maximum Gasteiger partial charge on any atom is 0.302 e. The number of benzene rings is 1. The first-order valence-electron chi connectivity index (χ1n) is 5.66. The van der Waals surface area contributed by atoms with E-state index < -0.39 is 0 Å². The van der Waals surface area contributed by atoms with E-state index in [1.54, 1.807) is 19.3 Å². The van der Waals surface area contributed by atoms with Crippen LogP contribution in [0.2, 0.25) is 0 Å². The molecule has 0 spiro atoms. The Bertz CT molecular complexity index is 577. The summed E-state index contributed by atoms with van der Waals surface area (Å²) in [5.41, 5.74) is 0.845. The highest BCUT2D eigenvalue weighted by atomic mass is 16.5. The van der Waals surface area contributed by atoms with Crippen LogP contribution in [0.1, 0.15) is 12.5 Å². The average molecular weight is 254 g/mol. The minimum absolute atomic E-state index is 0.229. The van der Waals surface area contributed by atoms with Gasteiger partial charge in [0.15, 0.2) is 0 Å². The number of hydrogen-bond donors (Lipinski definition) is 0. The van der Waals surface area contributed by atoms with E-state index in [9.17, 15) is 4.79 Å². The molecule has 3 nitrogen and oxygen atoms in total. The third-order valence-corrected chi connectivity index (χ3v) is 2.00. The zero-order valence-electron chi connectivity index (χ0n) is 10.9. The molecule has 0 unspecified atom stereocenters. The first-order valence-corrected chi connectivity index (χ1v) is 5.66. The first-order chi connectivity index (χ1) is 9.22. The minimum Gasteiger partial charge on any atom is -0.497 e. The molecular formula is C16H14O3. The third-order valence-electron chi connectivity index (χ3n) is 2.00. The summed E-state index contributed by atoms with van der Waals surface area (Å²) in [6, 6.07) is 7.45. The third kappa shape index (κ3) is 6.61. The van der Waals surface area contributed by atoms with Gasteiger partial charge in [-0.15, -0.1) is 0 Å². The molecule has 0 saturated carbocycles. The van der Waals surface area contributed by atoms with Gasteiger partial charge in [0.2, 0.25) is 0 Å². The maximum atomic E-state index is 10.5. The quantitative estimate of drug-likeness (QED) is 0.612. The molecule has 0 aliphatic heterocycles. The summed E-state index contributed by atoms with van der Waals surface area (Å²) in [6.45, 7) is 1.59. The Morgan fingerprint density at radius 2 is 2.21 bits per heavy atom. The molecule has 1 rings (SSSR count). The van der Waals surface area contributed by atoms with E-state index in [-0.39, 0.29) is 12.6 Å². The van der Waals surface area contributed by atoms with Gasteiger partial charge in [-0.3, -0.25) is 4.79 Å². The smallest absolute Gasteiger partial charge is 0.302 e. The van der Waals surface area contributed by atoms with Crippen LogP contribution in [-0.2, 0) is 9.53 Å². The highest BCUT2D eigenvalue weighted by molar-refractivity contribution is 5.66. The lowest BCUT2D eigenvalue weighted by Gasteiger charge is -1.97. The van der Waals surface area contributed by atoms with Crippen molar-refractivity contribution < 1.29 is 14.3 Å². The van der Waals surface area contributed by atoms with Crippen LogP contribution in [-0.4, -0.2) is 19.7 Å². The van der Waals surface area contributed by atoms with Gasteiger partial charge in [-0.2, -0.15) is 0 Å². The van der Waals surface area contributed by atoms with Gasteiger partial charge in [-0.05, 0) is 42.2 Å². The molecule has 0 atom stereocenters. The van der Waals surface area contributed by atoms with Gasteiger partial charge < -0.3 is 9.47 Å². The van der Waals surface area contributed by atoms with Gasteiger partial charge >= 0.3 is 5.97 Å². The molecule has 0 amide bonds. The van der Waals surface area contributed by atoms with Gasteiger partial charge in [0, 0.05) is 12.5 Å². The normalized spacial score (nSPS) is 8.95. The van der Waals surface area contributed by atoms with E-state index in [4.69, 9.17) is 9.47 Å². The number of allylic oxidation sites excluding steroid dienone is 1. The molecule has 96 valence electrons. The van der Waals surface area contributed by atoms with Crippen molar-refractivity contribution >= 4 is 5.97 Å². The van der Waals surface area contributed by atoms with Crippen LogP contribution in [0.5, 0.6) is 5.75 Å². The second kappa shape index (κ2) is 8.44. The highest BCUT2D eigenvalue weighted by Gasteiger charge is 1.90. The lowest BCUT2D eigenvalue weighted by molar-refractivity contribution is -0.139. The Morgan fingerprint density at radius 3 is 2.95 bits per heavy atom. The highest BCUT2D eigenvalue weighted by Crippen LogP contribution is 2.10. The summed E-state index contributed by atoms with van der Waals surface area (Å²) < 4.78 is 9.79. The number of rotatable bonds is 3. The van der Waals surface area contributed by atoms with E-state index in [0.29, 0.717) is 0 Å². The van der Waals surface area contributed by atoms with Gasteiger partial charge in [0.25, 0.3) is 0 Å². The molecule has 1 aromatic carbocycles. The Morgan fingerprint density at radius 1 is 1.37 bits per heavy atom. The van der Waals surface area contributed by atoms with Crippen LogP contribution < -0.4 is 4.74 Å². The van der Waals surface area contributed by atoms with Crippen LogP contribution in [0.15, 0.2) is 36.4 Å². The molecule has 3 heteroatoms. The van der Waals surface area contributed by atoms with Crippen molar-refractivity contribution in [2.75, 3.05) is 13.7 Å². The molecule has 0 bridgehead atoms. The molecule has 0 heterocycles. The summed E-state index contributed by atoms with van der Waals surface area (Å²) >= 11 is 0. The standard InChI is InChI=1S/C16H14O3/c1-14(17)19-12-7-5-3-4-6-9-15-10-8-11-16(13-15)18-2/h5,7-8,10-11,13H,12H2,1-2H3. The molecule has 0 fully saturated rings. The largest absolute Gasteiger partial charge is 0.497 e. The number of carbonyl (C=O) groups excluding carboxylic acids is 1. The summed E-state index contributed by atoms with van der Waals surface area (Å²) in [6.07, 6.45) is 3.25. The van der Waals surface area contributed by atoms with E-state index >= 15 is 0 Å². The zero-order valence-corrected chi connectivity index (χ0v) is 10.9. The van der Waals surface area contributed by atoms with E-state index in [0.717, 1.165) is 11.3 Å². The van der Waals surface area contributed by atoms with Gasteiger partial charge in [0.1, 0.15) is 12.4 Å². The number of carbonyl (C=O) groups is 1. The van der Waals surface area contributed by atoms with Crippen LogP contribution in [0.4, 0.5) is 0 Å². The van der Waals surface area contributed by atoms with Gasteiger partial charge in [0.05, 0.1) is 7.11 Å². The lowest BCUT2D eigenvalue weighted by atomic mass is 10.2. The molecule has 0 saturated heterocycles. The van der Waals surface area contributed by atoms with Crippen molar-refractivity contribution in [1.29, 1.82) is 0 Å². The van der Waals surface area contributed by atoms with E-state index in [1.807, 2.05) is 24.3 Å². The van der Waals surface area contributed by atoms with E-state index in [1.165, 1.54) is 6.92 Å². The Kier molecular flexibility index (Phi) is 6.40. The zero-order chi connectivity index (χ0) is 13.9. The van der Waals surface area contributed by atoms with Gasteiger partial charge in [-0.1, -0.05) is 17.9 Å². The summed E-state index contributed by atoms with van der Waals surface area (Å²) in [4.78, 5) is 10.5. The summed E-state index contributed by atoms with van der Waals surface area (Å²) in [7, 11) is 1.61. The number of hydrogen-bond acceptors (Lipinski definition) is 3. The van der Waals surface area contributed by atoms with E-state index in [2.05, 4.69) is 23.7 Å². The van der Waals surface area contributed by atoms with Gasteiger partial charge in [-0.25, -0.2) is 0 Å². The predicted octanol–water partition coefficient (Wildman–Crippen LogP) is 2.17. The second-order valence-corrected chi connectivity index (χ2v) is 3.46. The monoisotopic (exact) mass is 254 g/mol. The molecule has 0 aromatic heterocycles. The van der Waals surface area contributed by atoms with Crippen molar-refractivity contribution in [3.8, 4) is 29.4 Å². The lowest BCUT2D eigenvalue weighted by Crippen LogP contribution is -1.96. The van der Waals surface area contributed by atoms with Crippen LogP contribution >= 0.6 is 0 Å². The Labute approximate surface area is 113 Å². The number of methoxy groups -OCH3 is 1. The minimum atomic E-state index is -0.310. The fourth-order valence-corrected chi connectivity index (χ4v) is 1.15. The SMILES string of the molecule is COc1cccc(C#CC#CC=CCOC(C)=O)c1. The molecular weight excluding hydrogens is 240 g/mol. The van der Waals surface area contributed by atoms with Crippen molar-refractivity contribution in [1.82, 2.24) is 0 Å². The number of ether oxygens (including phenoxy) is 2. The predicted molar refractivity (Wildman–Crippen MR) is 73.4 cm³/mol. The fourth-order valence-electron chi connectivity index (χ4n) is 1.15. The van der Waals surface area contributed by atoms with Crippen molar-refractivity contribution in [2.45, 2.75) is 6.92 Å². The maximum absolute atomic E-state index is 10.5. The van der Waals surface area contributed by atoms with Crippen molar-refractivity contribution in [3.63, 3.8) is 0 Å². The summed E-state index contributed by atoms with van der Waals surface area (Å²) in [5.74, 6) is 11.5. The summed E-state index contributed by atoms with van der Waals surface area (Å²) in [5, 5.41) is 0. The molecule has 0 N–H and O–H groups in total. The number of esters is 1.